The topological polar surface area (TPSA) is 67.9 Å². The zero-order valence-electron chi connectivity index (χ0n) is 16.4. The molecule has 6 nitrogen and oxygen atoms in total. The molecule has 0 aliphatic carbocycles. The Kier molecular flexibility index (Phi) is 6.53. The van der Waals surface area contributed by atoms with Gasteiger partial charge in [-0.05, 0) is 49.2 Å². The molecule has 1 N–H and O–H groups in total. The first-order valence-electron chi connectivity index (χ1n) is 9.55. The zero-order valence-corrected chi connectivity index (χ0v) is 16.4. The van der Waals surface area contributed by atoms with Gasteiger partial charge in [-0.1, -0.05) is 12.8 Å². The minimum Gasteiger partial charge on any atom is -0.493 e. The van der Waals surface area contributed by atoms with Crippen LogP contribution < -0.4 is 14.8 Å². The maximum absolute atomic E-state index is 12.7. The summed E-state index contributed by atoms with van der Waals surface area (Å²) < 4.78 is 10.5. The van der Waals surface area contributed by atoms with Crippen LogP contribution in [0.25, 0.3) is 0 Å². The molecule has 28 heavy (non-hydrogen) atoms. The normalized spacial score (nSPS) is 14.1. The van der Waals surface area contributed by atoms with Crippen LogP contribution in [-0.4, -0.2) is 44.0 Å². The Morgan fingerprint density at radius 1 is 0.821 bits per heavy atom. The number of hydrogen-bond donors (Lipinski definition) is 1. The van der Waals surface area contributed by atoms with Crippen molar-refractivity contribution < 1.29 is 19.1 Å². The number of nitrogens with zero attached hydrogens (tertiary/aromatic N) is 1. The molecule has 1 aliphatic rings. The Labute approximate surface area is 165 Å². The van der Waals surface area contributed by atoms with Gasteiger partial charge in [0.25, 0.3) is 11.8 Å². The molecule has 1 heterocycles. The molecule has 0 aromatic heterocycles. The van der Waals surface area contributed by atoms with E-state index in [-0.39, 0.29) is 11.8 Å². The molecule has 2 aromatic carbocycles. The highest BCUT2D eigenvalue weighted by molar-refractivity contribution is 6.05. The highest BCUT2D eigenvalue weighted by atomic mass is 16.5. The van der Waals surface area contributed by atoms with Gasteiger partial charge in [-0.15, -0.1) is 0 Å². The highest BCUT2D eigenvalue weighted by Gasteiger charge is 2.18. The van der Waals surface area contributed by atoms with Gasteiger partial charge in [-0.2, -0.15) is 0 Å². The Bertz CT molecular complexity index is 825. The molecule has 0 bridgehead atoms. The van der Waals surface area contributed by atoms with Gasteiger partial charge in [0.15, 0.2) is 11.5 Å². The first kappa shape index (κ1) is 19.7. The quantitative estimate of drug-likeness (QED) is 0.850. The van der Waals surface area contributed by atoms with Gasteiger partial charge in [-0.25, -0.2) is 0 Å². The van der Waals surface area contributed by atoms with Crippen LogP contribution in [0.3, 0.4) is 0 Å². The first-order chi connectivity index (χ1) is 13.6. The largest absolute Gasteiger partial charge is 0.493 e. The summed E-state index contributed by atoms with van der Waals surface area (Å²) in [7, 11) is 3.11. The van der Waals surface area contributed by atoms with Crippen molar-refractivity contribution in [2.75, 3.05) is 32.6 Å². The molecule has 0 saturated carbocycles. The van der Waals surface area contributed by atoms with Crippen molar-refractivity contribution in [3.05, 3.63) is 53.6 Å². The Hall–Kier alpha value is -3.02. The van der Waals surface area contributed by atoms with Crippen molar-refractivity contribution in [1.82, 2.24) is 4.90 Å². The molecule has 6 heteroatoms. The summed E-state index contributed by atoms with van der Waals surface area (Å²) in [6, 6.07) is 12.0. The fourth-order valence-corrected chi connectivity index (χ4v) is 3.34. The fourth-order valence-electron chi connectivity index (χ4n) is 3.34. The second-order valence-electron chi connectivity index (χ2n) is 6.81. The van der Waals surface area contributed by atoms with Crippen LogP contribution in [0.1, 0.15) is 46.4 Å². The molecule has 0 unspecified atom stereocenters. The zero-order chi connectivity index (χ0) is 19.9. The number of carbonyl (C=O) groups is 2. The van der Waals surface area contributed by atoms with Gasteiger partial charge < -0.3 is 19.7 Å². The molecule has 1 fully saturated rings. The molecule has 0 spiro atoms. The van der Waals surface area contributed by atoms with E-state index in [1.54, 1.807) is 56.7 Å². The number of likely N-dealkylation sites (tertiary alicyclic amines) is 1. The van der Waals surface area contributed by atoms with E-state index in [9.17, 15) is 9.59 Å². The van der Waals surface area contributed by atoms with E-state index in [1.165, 1.54) is 12.8 Å². The predicted octanol–water partition coefficient (Wildman–Crippen LogP) is 3.97. The van der Waals surface area contributed by atoms with E-state index >= 15 is 0 Å². The van der Waals surface area contributed by atoms with Crippen LogP contribution in [0.2, 0.25) is 0 Å². The number of anilines is 1. The second kappa shape index (κ2) is 9.26. The van der Waals surface area contributed by atoms with E-state index in [0.29, 0.717) is 28.3 Å². The number of carbonyl (C=O) groups excluding carboxylic acids is 2. The van der Waals surface area contributed by atoms with Crippen LogP contribution in [0.15, 0.2) is 42.5 Å². The lowest BCUT2D eigenvalue weighted by atomic mass is 10.1. The summed E-state index contributed by atoms with van der Waals surface area (Å²) in [6.07, 6.45) is 4.47. The average Bonchev–Trinajstić information content (AvgIpc) is 3.02. The molecule has 3 rings (SSSR count). The maximum Gasteiger partial charge on any atom is 0.255 e. The number of benzene rings is 2. The van der Waals surface area contributed by atoms with Gasteiger partial charge in [0.05, 0.1) is 14.2 Å². The van der Waals surface area contributed by atoms with Gasteiger partial charge in [0, 0.05) is 36.0 Å². The Morgan fingerprint density at radius 3 is 2.04 bits per heavy atom. The summed E-state index contributed by atoms with van der Waals surface area (Å²) in [5.74, 6) is 0.922. The second-order valence-corrected chi connectivity index (χ2v) is 6.81. The molecule has 0 atom stereocenters. The maximum atomic E-state index is 12.7. The third kappa shape index (κ3) is 4.63. The molecule has 2 amide bonds. The van der Waals surface area contributed by atoms with Gasteiger partial charge >= 0.3 is 0 Å². The van der Waals surface area contributed by atoms with Crippen molar-refractivity contribution >= 4 is 17.5 Å². The van der Waals surface area contributed by atoms with Crippen LogP contribution in [0.4, 0.5) is 5.69 Å². The lowest BCUT2D eigenvalue weighted by molar-refractivity contribution is 0.0761. The molecular weight excluding hydrogens is 356 g/mol. The summed E-state index contributed by atoms with van der Waals surface area (Å²) in [5, 5.41) is 2.83. The van der Waals surface area contributed by atoms with Crippen LogP contribution >= 0.6 is 0 Å². The van der Waals surface area contributed by atoms with Gasteiger partial charge in [-0.3, -0.25) is 9.59 Å². The number of methoxy groups -OCH3 is 2. The minimum absolute atomic E-state index is 0.0359. The standard InChI is InChI=1S/C22H26N2O4/c1-27-19-12-11-18(15-20(19)28-2)23-21(25)16-7-9-17(10-8-16)22(26)24-13-5-3-4-6-14-24/h7-12,15H,3-6,13-14H2,1-2H3,(H,23,25). The van der Waals surface area contributed by atoms with E-state index < -0.39 is 0 Å². The van der Waals surface area contributed by atoms with E-state index in [2.05, 4.69) is 5.32 Å². The lowest BCUT2D eigenvalue weighted by Gasteiger charge is -2.20. The van der Waals surface area contributed by atoms with Crippen molar-refractivity contribution in [3.63, 3.8) is 0 Å². The number of ether oxygens (including phenoxy) is 2. The SMILES string of the molecule is COc1ccc(NC(=O)c2ccc(C(=O)N3CCCCCC3)cc2)cc1OC. The molecule has 1 aliphatic heterocycles. The molecule has 148 valence electrons. The monoisotopic (exact) mass is 382 g/mol. The molecule has 0 radical (unpaired) electrons. The summed E-state index contributed by atoms with van der Waals surface area (Å²) in [5.41, 5.74) is 1.71. The van der Waals surface area contributed by atoms with Gasteiger partial charge in [0.1, 0.15) is 0 Å². The Morgan fingerprint density at radius 2 is 1.43 bits per heavy atom. The van der Waals surface area contributed by atoms with E-state index in [1.807, 2.05) is 4.90 Å². The third-order valence-corrected chi connectivity index (χ3v) is 4.93. The average molecular weight is 382 g/mol. The summed E-state index contributed by atoms with van der Waals surface area (Å²) in [6.45, 7) is 1.61. The fraction of sp³-hybridized carbons (Fsp3) is 0.364. The summed E-state index contributed by atoms with van der Waals surface area (Å²) >= 11 is 0. The van der Waals surface area contributed by atoms with Gasteiger partial charge in [0.2, 0.25) is 0 Å². The molecular formula is C22H26N2O4. The highest BCUT2D eigenvalue weighted by Crippen LogP contribution is 2.30. The van der Waals surface area contributed by atoms with E-state index in [0.717, 1.165) is 25.9 Å². The molecule has 2 aromatic rings. The summed E-state index contributed by atoms with van der Waals surface area (Å²) in [4.78, 5) is 27.1. The lowest BCUT2D eigenvalue weighted by Crippen LogP contribution is -2.31. The smallest absolute Gasteiger partial charge is 0.255 e. The Balaban J connectivity index is 1.67. The molecule has 1 saturated heterocycles. The van der Waals surface area contributed by atoms with Crippen LogP contribution in [0, 0.1) is 0 Å². The number of hydrogen-bond acceptors (Lipinski definition) is 4. The van der Waals surface area contributed by atoms with E-state index in [4.69, 9.17) is 9.47 Å². The van der Waals surface area contributed by atoms with Crippen molar-refractivity contribution in [1.29, 1.82) is 0 Å². The van der Waals surface area contributed by atoms with Crippen LogP contribution in [0.5, 0.6) is 11.5 Å². The number of nitrogens with one attached hydrogen (secondary N) is 1. The minimum atomic E-state index is -0.249. The first-order valence-corrected chi connectivity index (χ1v) is 9.55. The third-order valence-electron chi connectivity index (χ3n) is 4.93. The number of rotatable bonds is 5. The number of amides is 2. The van der Waals surface area contributed by atoms with Crippen molar-refractivity contribution in [2.24, 2.45) is 0 Å². The van der Waals surface area contributed by atoms with Crippen molar-refractivity contribution in [2.45, 2.75) is 25.7 Å². The van der Waals surface area contributed by atoms with Crippen LogP contribution in [-0.2, 0) is 0 Å². The van der Waals surface area contributed by atoms with Crippen molar-refractivity contribution in [3.8, 4) is 11.5 Å². The predicted molar refractivity (Wildman–Crippen MR) is 108 cm³/mol.